The Kier molecular flexibility index (Phi) is 3.68. The standard InChI is InChI=1S/C7HF11O4/c8-3(6(13,14)15)4(9,7(16,17)18)22-2(21-3,1(19)20)5(10,11)12/h(H,19,20). The zero-order chi connectivity index (χ0) is 18.0. The summed E-state index contributed by atoms with van der Waals surface area (Å²) in [6.07, 6.45) is -20.8. The van der Waals surface area contributed by atoms with E-state index in [2.05, 4.69) is 9.47 Å². The molecule has 0 radical (unpaired) electrons. The fraction of sp³-hybridized carbons (Fsp3) is 0.857. The van der Waals surface area contributed by atoms with Crippen LogP contribution in [0.4, 0.5) is 48.3 Å². The zero-order valence-electron chi connectivity index (χ0n) is 9.33. The molecule has 0 saturated carbocycles. The zero-order valence-corrected chi connectivity index (χ0v) is 9.33. The molecule has 15 heteroatoms. The van der Waals surface area contributed by atoms with Gasteiger partial charge in [-0.1, -0.05) is 0 Å². The van der Waals surface area contributed by atoms with Crippen LogP contribution < -0.4 is 0 Å². The second-order valence-electron chi connectivity index (χ2n) is 3.81. The molecule has 0 spiro atoms. The summed E-state index contributed by atoms with van der Waals surface area (Å²) in [7, 11) is 0. The third-order valence-electron chi connectivity index (χ3n) is 2.37. The van der Waals surface area contributed by atoms with Crippen LogP contribution in [0, 0.1) is 0 Å². The summed E-state index contributed by atoms with van der Waals surface area (Å²) in [5, 5.41) is 8.16. The van der Waals surface area contributed by atoms with Crippen LogP contribution >= 0.6 is 0 Å². The first kappa shape index (κ1) is 18.7. The van der Waals surface area contributed by atoms with Crippen molar-refractivity contribution in [3.63, 3.8) is 0 Å². The van der Waals surface area contributed by atoms with E-state index in [1.165, 1.54) is 0 Å². The predicted octanol–water partition coefficient (Wildman–Crippen LogP) is 2.83. The van der Waals surface area contributed by atoms with E-state index >= 15 is 0 Å². The van der Waals surface area contributed by atoms with Crippen molar-refractivity contribution in [2.75, 3.05) is 0 Å². The van der Waals surface area contributed by atoms with Gasteiger partial charge in [0.1, 0.15) is 0 Å². The lowest BCUT2D eigenvalue weighted by Gasteiger charge is -2.31. The molecule has 1 heterocycles. The van der Waals surface area contributed by atoms with E-state index in [0.29, 0.717) is 0 Å². The molecule has 0 aromatic heterocycles. The molecule has 2 atom stereocenters. The summed E-state index contributed by atoms with van der Waals surface area (Å²) in [4.78, 5) is 10.4. The van der Waals surface area contributed by atoms with Crippen LogP contribution in [0.2, 0.25) is 0 Å². The highest BCUT2D eigenvalue weighted by Crippen LogP contribution is 2.62. The second kappa shape index (κ2) is 4.33. The van der Waals surface area contributed by atoms with Gasteiger partial charge >= 0.3 is 42.0 Å². The summed E-state index contributed by atoms with van der Waals surface area (Å²) < 4.78 is 143. The topological polar surface area (TPSA) is 55.8 Å². The highest BCUT2D eigenvalue weighted by atomic mass is 19.4. The van der Waals surface area contributed by atoms with Crippen LogP contribution in [0.5, 0.6) is 0 Å². The molecule has 2 unspecified atom stereocenters. The highest BCUT2D eigenvalue weighted by Gasteiger charge is 2.94. The first-order valence-corrected chi connectivity index (χ1v) is 4.57. The van der Waals surface area contributed by atoms with Crippen molar-refractivity contribution in [2.24, 2.45) is 0 Å². The molecule has 0 aromatic rings. The summed E-state index contributed by atoms with van der Waals surface area (Å²) in [6, 6.07) is 0. The molecular formula is C7HF11O4. The Morgan fingerprint density at radius 1 is 0.727 bits per heavy atom. The Morgan fingerprint density at radius 3 is 1.14 bits per heavy atom. The van der Waals surface area contributed by atoms with Crippen LogP contribution in [0.3, 0.4) is 0 Å². The second-order valence-corrected chi connectivity index (χ2v) is 3.81. The number of hydrogen-bond donors (Lipinski definition) is 1. The Hall–Kier alpha value is -1.38. The van der Waals surface area contributed by atoms with E-state index in [-0.39, 0.29) is 0 Å². The Morgan fingerprint density at radius 2 is 1.00 bits per heavy atom. The van der Waals surface area contributed by atoms with Gasteiger partial charge in [-0.25, -0.2) is 4.79 Å². The van der Waals surface area contributed by atoms with Gasteiger partial charge in [-0.3, -0.25) is 9.47 Å². The minimum atomic E-state index is -7.06. The van der Waals surface area contributed by atoms with Crippen LogP contribution in [-0.4, -0.2) is 47.1 Å². The first-order chi connectivity index (χ1) is 9.36. The number of hydrogen-bond acceptors (Lipinski definition) is 3. The van der Waals surface area contributed by atoms with Gasteiger partial charge in [0.25, 0.3) is 0 Å². The smallest absolute Gasteiger partial charge is 0.455 e. The van der Waals surface area contributed by atoms with E-state index in [0.717, 1.165) is 0 Å². The average Bonchev–Trinajstić information content (AvgIpc) is 2.49. The fourth-order valence-electron chi connectivity index (χ4n) is 1.35. The molecule has 22 heavy (non-hydrogen) atoms. The summed E-state index contributed by atoms with van der Waals surface area (Å²) in [6.45, 7) is 0. The van der Waals surface area contributed by atoms with E-state index in [4.69, 9.17) is 5.11 Å². The quantitative estimate of drug-likeness (QED) is 0.733. The van der Waals surface area contributed by atoms with E-state index < -0.39 is 42.0 Å². The van der Waals surface area contributed by atoms with Gasteiger partial charge < -0.3 is 5.11 Å². The van der Waals surface area contributed by atoms with Gasteiger partial charge in [-0.05, 0) is 0 Å². The maximum atomic E-state index is 13.4. The van der Waals surface area contributed by atoms with Gasteiger partial charge in [-0.15, -0.1) is 0 Å². The highest BCUT2D eigenvalue weighted by molar-refractivity contribution is 5.77. The monoisotopic (exact) mass is 358 g/mol. The van der Waals surface area contributed by atoms with Gasteiger partial charge in [0.2, 0.25) is 0 Å². The number of carboxylic acids is 1. The summed E-state index contributed by atoms with van der Waals surface area (Å²) >= 11 is 0. The molecule has 1 fully saturated rings. The predicted molar refractivity (Wildman–Crippen MR) is 38.4 cm³/mol. The number of alkyl halides is 11. The number of rotatable bonds is 1. The summed E-state index contributed by atoms with van der Waals surface area (Å²) in [5.74, 6) is -23.1. The maximum Gasteiger partial charge on any atom is 0.455 e. The molecule has 1 aliphatic rings. The minimum Gasteiger partial charge on any atom is -0.477 e. The normalized spacial score (nSPS) is 37.4. The number of ether oxygens (including phenoxy) is 2. The molecule has 1 aliphatic heterocycles. The lowest BCUT2D eigenvalue weighted by molar-refractivity contribution is -0.422. The summed E-state index contributed by atoms with van der Waals surface area (Å²) in [5.41, 5.74) is 0. The third kappa shape index (κ3) is 2.09. The Balaban J connectivity index is 3.70. The molecule has 1 N–H and O–H groups in total. The van der Waals surface area contributed by atoms with Crippen molar-refractivity contribution >= 4 is 5.97 Å². The van der Waals surface area contributed by atoms with Crippen LogP contribution in [-0.2, 0) is 14.3 Å². The minimum absolute atomic E-state index is 2.34. The van der Waals surface area contributed by atoms with Crippen molar-refractivity contribution in [2.45, 2.75) is 36.0 Å². The van der Waals surface area contributed by atoms with Gasteiger partial charge in [-0.2, -0.15) is 48.3 Å². The van der Waals surface area contributed by atoms with Crippen LogP contribution in [0.25, 0.3) is 0 Å². The number of halogens is 11. The van der Waals surface area contributed by atoms with Crippen molar-refractivity contribution in [3.8, 4) is 0 Å². The molecule has 0 aliphatic carbocycles. The van der Waals surface area contributed by atoms with Crippen molar-refractivity contribution in [1.82, 2.24) is 0 Å². The molecule has 0 amide bonds. The first-order valence-electron chi connectivity index (χ1n) is 4.57. The van der Waals surface area contributed by atoms with E-state index in [9.17, 15) is 53.1 Å². The number of carbonyl (C=O) groups is 1. The van der Waals surface area contributed by atoms with Crippen molar-refractivity contribution in [1.29, 1.82) is 0 Å². The van der Waals surface area contributed by atoms with Crippen LogP contribution in [0.1, 0.15) is 0 Å². The van der Waals surface area contributed by atoms with Crippen molar-refractivity contribution < 1.29 is 67.7 Å². The van der Waals surface area contributed by atoms with Crippen LogP contribution in [0.15, 0.2) is 0 Å². The van der Waals surface area contributed by atoms with E-state index in [1.54, 1.807) is 0 Å². The lowest BCUT2D eigenvalue weighted by atomic mass is 10.1. The molecule has 0 aromatic carbocycles. The Labute approximate surface area is 111 Å². The molecule has 4 nitrogen and oxygen atoms in total. The van der Waals surface area contributed by atoms with Gasteiger partial charge in [0.05, 0.1) is 0 Å². The van der Waals surface area contributed by atoms with Gasteiger partial charge in [0, 0.05) is 0 Å². The largest absolute Gasteiger partial charge is 0.477 e. The van der Waals surface area contributed by atoms with Gasteiger partial charge in [0.15, 0.2) is 0 Å². The number of carboxylic acid groups (broad SMARTS) is 1. The molecule has 1 saturated heterocycles. The Bertz CT molecular complexity index is 450. The lowest BCUT2D eigenvalue weighted by Crippen LogP contribution is -2.62. The fourth-order valence-corrected chi connectivity index (χ4v) is 1.35. The SMILES string of the molecule is O=C(O)C1(C(F)(F)F)OC(F)(C(F)(F)F)C(F)(C(F)(F)F)O1. The molecular weight excluding hydrogens is 357 g/mol. The molecule has 1 rings (SSSR count). The van der Waals surface area contributed by atoms with Crippen molar-refractivity contribution in [3.05, 3.63) is 0 Å². The average molecular weight is 358 g/mol. The molecule has 130 valence electrons. The maximum absolute atomic E-state index is 13.4. The number of aliphatic carboxylic acids is 1. The molecule has 0 bridgehead atoms. The third-order valence-corrected chi connectivity index (χ3v) is 2.37. The van der Waals surface area contributed by atoms with E-state index in [1.807, 2.05) is 0 Å².